The van der Waals surface area contributed by atoms with Crippen molar-refractivity contribution < 1.29 is 4.42 Å². The Kier molecular flexibility index (Phi) is 7.66. The summed E-state index contributed by atoms with van der Waals surface area (Å²) in [5.41, 5.74) is 14.1. The van der Waals surface area contributed by atoms with E-state index in [1.54, 1.807) is 0 Å². The molecule has 0 atom stereocenters. The van der Waals surface area contributed by atoms with E-state index in [0.29, 0.717) is 18.2 Å². The maximum Gasteiger partial charge on any atom is 0.161 e. The number of furan rings is 1. The summed E-state index contributed by atoms with van der Waals surface area (Å²) in [5, 5.41) is 4.49. The highest BCUT2D eigenvalue weighted by atomic mass is 16.3. The Morgan fingerprint density at radius 2 is 1.11 bits per heavy atom. The SMILES string of the molecule is C=N/C(=N\C(=N/Cc1ccccc1)c1ccc(-c2ccccc2)cc1)c1cccc2oc3cc(-c4ccc5c6c(cccc46)-c4ccccc4-5)ccc3c12. The zero-order valence-electron chi connectivity index (χ0n) is 29.4. The number of fused-ring (bicyclic) bond motifs is 6. The Labute approximate surface area is 313 Å². The van der Waals surface area contributed by atoms with Crippen molar-refractivity contribution in [3.63, 3.8) is 0 Å². The lowest BCUT2D eigenvalue weighted by Gasteiger charge is -2.10. The molecule has 0 bridgehead atoms. The van der Waals surface area contributed by atoms with Crippen molar-refractivity contribution in [2.24, 2.45) is 15.0 Å². The molecule has 0 radical (unpaired) electrons. The molecule has 0 aliphatic heterocycles. The van der Waals surface area contributed by atoms with Crippen molar-refractivity contribution in [3.8, 4) is 44.5 Å². The number of benzene rings is 8. The van der Waals surface area contributed by atoms with Gasteiger partial charge in [0.05, 0.1) is 6.54 Å². The highest BCUT2D eigenvalue weighted by Gasteiger charge is 2.23. The van der Waals surface area contributed by atoms with Gasteiger partial charge < -0.3 is 4.42 Å². The van der Waals surface area contributed by atoms with E-state index in [4.69, 9.17) is 14.4 Å². The number of nitrogens with zero attached hydrogens (tertiary/aromatic N) is 3. The number of hydrogen-bond donors (Lipinski definition) is 0. The molecule has 0 fully saturated rings. The van der Waals surface area contributed by atoms with E-state index in [9.17, 15) is 0 Å². The monoisotopic (exact) mass is 691 g/mol. The van der Waals surface area contributed by atoms with Crippen LogP contribution in [0.3, 0.4) is 0 Å². The van der Waals surface area contributed by atoms with Crippen LogP contribution in [0.2, 0.25) is 0 Å². The van der Waals surface area contributed by atoms with Gasteiger partial charge in [-0.1, -0.05) is 158 Å². The second kappa shape index (κ2) is 13.1. The first-order chi connectivity index (χ1) is 26.7. The molecule has 1 aliphatic rings. The molecule has 10 rings (SSSR count). The van der Waals surface area contributed by atoms with Crippen molar-refractivity contribution >= 4 is 51.1 Å². The topological polar surface area (TPSA) is 50.2 Å². The van der Waals surface area contributed by atoms with Gasteiger partial charge >= 0.3 is 0 Å². The molecular formula is C50H33N3O. The van der Waals surface area contributed by atoms with E-state index in [-0.39, 0.29) is 0 Å². The molecule has 4 nitrogen and oxygen atoms in total. The predicted molar refractivity (Wildman–Crippen MR) is 226 cm³/mol. The van der Waals surface area contributed by atoms with Crippen LogP contribution in [-0.4, -0.2) is 18.4 Å². The zero-order chi connectivity index (χ0) is 36.0. The highest BCUT2D eigenvalue weighted by molar-refractivity contribution is 6.23. The molecule has 0 unspecified atom stereocenters. The maximum atomic E-state index is 6.58. The second-order valence-electron chi connectivity index (χ2n) is 13.6. The summed E-state index contributed by atoms with van der Waals surface area (Å²) in [5.74, 6) is 1.07. The van der Waals surface area contributed by atoms with Crippen LogP contribution >= 0.6 is 0 Å². The van der Waals surface area contributed by atoms with E-state index in [2.05, 4.69) is 145 Å². The Morgan fingerprint density at radius 3 is 1.89 bits per heavy atom. The average molecular weight is 692 g/mol. The quantitative estimate of drug-likeness (QED) is 0.126. The van der Waals surface area contributed by atoms with Gasteiger partial charge in [0.2, 0.25) is 0 Å². The van der Waals surface area contributed by atoms with Gasteiger partial charge in [-0.15, -0.1) is 0 Å². The Balaban J connectivity index is 1.07. The van der Waals surface area contributed by atoms with E-state index < -0.39 is 0 Å². The fraction of sp³-hybridized carbons (Fsp3) is 0.0200. The van der Waals surface area contributed by atoms with Crippen molar-refractivity contribution in [2.45, 2.75) is 6.54 Å². The standard InChI is InChI=1S/C50H33N3O/c1-51-50(53-49(52-31-32-12-4-2-5-13-32)35-24-22-34(23-25-35)33-14-6-3-7-15-33)44-20-11-21-45-48(44)43-27-26-36(30-46(43)54-45)37-28-29-42-39-17-9-8-16-38(39)41-19-10-18-40(37)47(41)42/h2-30H,1,31H2/b52-49-,53-50-. The largest absolute Gasteiger partial charge is 0.456 e. The van der Waals surface area contributed by atoms with Gasteiger partial charge in [-0.05, 0) is 85.8 Å². The van der Waals surface area contributed by atoms with Crippen molar-refractivity contribution in [1.29, 1.82) is 0 Å². The van der Waals surface area contributed by atoms with Gasteiger partial charge in [0.1, 0.15) is 11.2 Å². The third-order valence-corrected chi connectivity index (χ3v) is 10.5. The molecule has 8 aromatic carbocycles. The fourth-order valence-corrected chi connectivity index (χ4v) is 7.90. The number of aliphatic imine (C=N–C) groups is 3. The lowest BCUT2D eigenvalue weighted by Crippen LogP contribution is -2.06. The molecule has 0 N–H and O–H groups in total. The van der Waals surface area contributed by atoms with Gasteiger partial charge in [0, 0.05) is 21.9 Å². The average Bonchev–Trinajstić information content (AvgIpc) is 3.78. The second-order valence-corrected chi connectivity index (χ2v) is 13.6. The summed E-state index contributed by atoms with van der Waals surface area (Å²) in [4.78, 5) is 14.6. The highest BCUT2D eigenvalue weighted by Crippen LogP contribution is 2.49. The van der Waals surface area contributed by atoms with Gasteiger partial charge in [-0.3, -0.25) is 4.99 Å². The lowest BCUT2D eigenvalue weighted by atomic mass is 9.93. The first-order valence-electron chi connectivity index (χ1n) is 18.1. The van der Waals surface area contributed by atoms with Crippen LogP contribution in [0.4, 0.5) is 0 Å². The summed E-state index contributed by atoms with van der Waals surface area (Å²) in [7, 11) is 0. The van der Waals surface area contributed by atoms with Crippen LogP contribution in [0.1, 0.15) is 16.7 Å². The van der Waals surface area contributed by atoms with Crippen molar-refractivity contribution in [3.05, 3.63) is 193 Å². The maximum absolute atomic E-state index is 6.58. The van der Waals surface area contributed by atoms with E-state index >= 15 is 0 Å². The summed E-state index contributed by atoms with van der Waals surface area (Å²) in [6.07, 6.45) is 0. The summed E-state index contributed by atoms with van der Waals surface area (Å²) >= 11 is 0. The molecule has 54 heavy (non-hydrogen) atoms. The summed E-state index contributed by atoms with van der Waals surface area (Å²) in [6, 6.07) is 61.3. The predicted octanol–water partition coefficient (Wildman–Crippen LogP) is 12.8. The third kappa shape index (κ3) is 5.35. The number of rotatable bonds is 6. The summed E-state index contributed by atoms with van der Waals surface area (Å²) < 4.78 is 6.58. The molecule has 9 aromatic rings. The Bertz CT molecular complexity index is 2930. The van der Waals surface area contributed by atoms with Crippen LogP contribution in [0, 0.1) is 0 Å². The Morgan fingerprint density at radius 1 is 0.463 bits per heavy atom. The number of amidine groups is 2. The van der Waals surface area contributed by atoms with Gasteiger partial charge in [0.15, 0.2) is 11.7 Å². The van der Waals surface area contributed by atoms with E-state index in [1.807, 2.05) is 42.5 Å². The van der Waals surface area contributed by atoms with Crippen LogP contribution < -0.4 is 0 Å². The molecule has 0 saturated carbocycles. The molecule has 1 aliphatic carbocycles. The van der Waals surface area contributed by atoms with E-state index in [1.165, 1.54) is 38.6 Å². The van der Waals surface area contributed by atoms with Crippen LogP contribution in [0.15, 0.2) is 195 Å². The minimum atomic E-state index is 0.482. The minimum absolute atomic E-state index is 0.482. The van der Waals surface area contributed by atoms with Gasteiger partial charge in [0.25, 0.3) is 0 Å². The normalized spacial score (nSPS) is 12.4. The van der Waals surface area contributed by atoms with Crippen LogP contribution in [0.25, 0.3) is 77.2 Å². The molecule has 1 heterocycles. The summed E-state index contributed by atoms with van der Waals surface area (Å²) in [6.45, 7) is 4.46. The lowest BCUT2D eigenvalue weighted by molar-refractivity contribution is 0.669. The van der Waals surface area contributed by atoms with Crippen molar-refractivity contribution in [2.75, 3.05) is 0 Å². The van der Waals surface area contributed by atoms with Crippen LogP contribution in [0.5, 0.6) is 0 Å². The molecule has 1 aromatic heterocycles. The molecule has 0 amide bonds. The minimum Gasteiger partial charge on any atom is -0.456 e. The fourth-order valence-electron chi connectivity index (χ4n) is 7.90. The number of hydrogen-bond acceptors (Lipinski definition) is 2. The molecular weight excluding hydrogens is 659 g/mol. The molecule has 0 saturated heterocycles. The zero-order valence-corrected chi connectivity index (χ0v) is 29.4. The Hall–Kier alpha value is -7.17. The van der Waals surface area contributed by atoms with Gasteiger partial charge in [-0.25, -0.2) is 9.98 Å². The third-order valence-electron chi connectivity index (χ3n) is 10.5. The smallest absolute Gasteiger partial charge is 0.161 e. The molecule has 4 heteroatoms. The van der Waals surface area contributed by atoms with Crippen molar-refractivity contribution in [1.82, 2.24) is 0 Å². The first-order valence-corrected chi connectivity index (χ1v) is 18.1. The first kappa shape index (κ1) is 31.6. The molecule has 0 spiro atoms. The molecule has 254 valence electrons. The van der Waals surface area contributed by atoms with Crippen LogP contribution in [-0.2, 0) is 6.54 Å². The van der Waals surface area contributed by atoms with Gasteiger partial charge in [-0.2, -0.15) is 0 Å². The van der Waals surface area contributed by atoms with E-state index in [0.717, 1.165) is 55.3 Å².